The Balaban J connectivity index is 2.36. The van der Waals surface area contributed by atoms with Crippen molar-refractivity contribution in [1.29, 1.82) is 0 Å². The van der Waals surface area contributed by atoms with Crippen molar-refractivity contribution in [2.75, 3.05) is 0 Å². The Bertz CT molecular complexity index is 298. The largest absolute Gasteiger partial charge is 0.0847 e. The Morgan fingerprint density at radius 1 is 1.06 bits per heavy atom. The van der Waals surface area contributed by atoms with Gasteiger partial charge >= 0.3 is 0 Å². The molecule has 1 unspecified atom stereocenters. The number of fused-ring (bicyclic) bond motifs is 2. The number of hydrogen-bond acceptors (Lipinski definition) is 0. The second-order valence-electron chi connectivity index (χ2n) is 7.24. The molecule has 3 aliphatic rings. The molecule has 2 bridgehead atoms. The third-order valence-corrected chi connectivity index (χ3v) is 5.61. The lowest BCUT2D eigenvalue weighted by molar-refractivity contribution is -0.0937. The molecule has 1 atom stereocenters. The van der Waals surface area contributed by atoms with Gasteiger partial charge in [-0.3, -0.25) is 0 Å². The molecule has 0 aliphatic heterocycles. The quantitative estimate of drug-likeness (QED) is 0.584. The summed E-state index contributed by atoms with van der Waals surface area (Å²) < 4.78 is 0. The van der Waals surface area contributed by atoms with E-state index in [1.54, 1.807) is 5.57 Å². The van der Waals surface area contributed by atoms with Crippen molar-refractivity contribution in [3.63, 3.8) is 0 Å². The topological polar surface area (TPSA) is 0 Å². The predicted molar refractivity (Wildman–Crippen MR) is 71.3 cm³/mol. The minimum absolute atomic E-state index is 0.477. The second kappa shape index (κ2) is 3.62. The summed E-state index contributed by atoms with van der Waals surface area (Å²) in [5, 5.41) is 0. The van der Waals surface area contributed by atoms with Gasteiger partial charge in [-0.25, -0.2) is 0 Å². The first kappa shape index (κ1) is 12.2. The minimum atomic E-state index is 0.477. The Morgan fingerprint density at radius 3 is 2.00 bits per heavy atom. The molecule has 0 radical (unpaired) electrons. The Hall–Kier alpha value is -0.260. The van der Waals surface area contributed by atoms with Crippen LogP contribution in [0.5, 0.6) is 0 Å². The maximum absolute atomic E-state index is 2.51. The normalized spacial score (nSPS) is 31.9. The first-order valence-corrected chi connectivity index (χ1v) is 7.02. The first-order chi connectivity index (χ1) is 7.33. The van der Waals surface area contributed by atoms with Gasteiger partial charge in [-0.15, -0.1) is 0 Å². The zero-order chi connectivity index (χ0) is 12.1. The molecule has 0 aromatic rings. The lowest BCUT2D eigenvalue weighted by atomic mass is 9.38. The van der Waals surface area contributed by atoms with Gasteiger partial charge in [-0.2, -0.15) is 0 Å². The summed E-state index contributed by atoms with van der Waals surface area (Å²) in [7, 11) is 0. The molecular weight excluding hydrogens is 192 g/mol. The summed E-state index contributed by atoms with van der Waals surface area (Å²) in [5.41, 5.74) is 2.83. The first-order valence-electron chi connectivity index (χ1n) is 7.02. The van der Waals surface area contributed by atoms with Gasteiger partial charge in [-0.05, 0) is 47.8 Å². The molecule has 16 heavy (non-hydrogen) atoms. The number of hydrogen-bond donors (Lipinski definition) is 0. The third kappa shape index (κ3) is 1.34. The average molecular weight is 220 g/mol. The van der Waals surface area contributed by atoms with E-state index in [-0.39, 0.29) is 0 Å². The fourth-order valence-corrected chi connectivity index (χ4v) is 4.97. The molecule has 3 aliphatic carbocycles. The van der Waals surface area contributed by atoms with Gasteiger partial charge in [0.1, 0.15) is 0 Å². The lowest BCUT2D eigenvalue weighted by Gasteiger charge is -2.66. The molecule has 92 valence electrons. The van der Waals surface area contributed by atoms with E-state index in [0.717, 1.165) is 17.8 Å². The highest BCUT2D eigenvalue weighted by molar-refractivity contribution is 5.34. The summed E-state index contributed by atoms with van der Waals surface area (Å²) in [6, 6.07) is 0. The fraction of sp³-hybridized carbons (Fsp3) is 0.875. The zero-order valence-corrected chi connectivity index (χ0v) is 11.9. The second-order valence-corrected chi connectivity index (χ2v) is 7.24. The molecule has 0 nitrogen and oxygen atoms in total. The van der Waals surface area contributed by atoms with Crippen LogP contribution in [-0.4, -0.2) is 0 Å². The van der Waals surface area contributed by atoms with Crippen LogP contribution in [0.3, 0.4) is 0 Å². The molecule has 0 saturated heterocycles. The van der Waals surface area contributed by atoms with Crippen LogP contribution in [0.25, 0.3) is 0 Å². The maximum Gasteiger partial charge on any atom is -0.00820 e. The molecule has 0 heterocycles. The Morgan fingerprint density at radius 2 is 1.62 bits per heavy atom. The van der Waals surface area contributed by atoms with Crippen LogP contribution in [0.15, 0.2) is 11.6 Å². The molecule has 0 aromatic carbocycles. The molecule has 3 rings (SSSR count). The molecule has 0 N–H and O–H groups in total. The molecule has 0 aromatic heterocycles. The minimum Gasteiger partial charge on any atom is -0.0847 e. The van der Waals surface area contributed by atoms with Crippen LogP contribution >= 0.6 is 0 Å². The number of rotatable bonds is 3. The summed E-state index contributed by atoms with van der Waals surface area (Å²) in [6.45, 7) is 14.7. The van der Waals surface area contributed by atoms with E-state index in [2.05, 4.69) is 47.6 Å². The molecule has 0 heteroatoms. The van der Waals surface area contributed by atoms with Crippen LogP contribution in [0.4, 0.5) is 0 Å². The van der Waals surface area contributed by atoms with Crippen molar-refractivity contribution in [2.24, 2.45) is 28.6 Å². The van der Waals surface area contributed by atoms with Crippen molar-refractivity contribution in [3.8, 4) is 0 Å². The van der Waals surface area contributed by atoms with Gasteiger partial charge < -0.3 is 0 Å². The van der Waals surface area contributed by atoms with E-state index in [1.165, 1.54) is 19.3 Å². The van der Waals surface area contributed by atoms with E-state index in [4.69, 9.17) is 0 Å². The van der Waals surface area contributed by atoms with E-state index in [9.17, 15) is 0 Å². The van der Waals surface area contributed by atoms with E-state index in [1.807, 2.05) is 0 Å². The van der Waals surface area contributed by atoms with Crippen LogP contribution in [-0.2, 0) is 0 Å². The molecular formula is C16H28. The Kier molecular flexibility index (Phi) is 2.76. The summed E-state index contributed by atoms with van der Waals surface area (Å²) in [6.07, 6.45) is 6.65. The van der Waals surface area contributed by atoms with E-state index >= 15 is 0 Å². The summed E-state index contributed by atoms with van der Waals surface area (Å²) in [5.74, 6) is 2.53. The average Bonchev–Trinajstić information content (AvgIpc) is 2.16. The standard InChI is InChI=1S/C16H28/c1-11(2)14(12(3)4)16-9-7-8-13(10-16)15(16,5)6/h8,11-12,14H,7,9-10H2,1-6H3. The van der Waals surface area contributed by atoms with Gasteiger partial charge in [0.05, 0.1) is 0 Å². The van der Waals surface area contributed by atoms with Gasteiger partial charge in [0.15, 0.2) is 0 Å². The number of allylic oxidation sites excluding steroid dienone is 2. The Labute approximate surface area is 102 Å². The van der Waals surface area contributed by atoms with Gasteiger partial charge in [-0.1, -0.05) is 53.2 Å². The van der Waals surface area contributed by atoms with Crippen molar-refractivity contribution in [2.45, 2.75) is 60.8 Å². The van der Waals surface area contributed by atoms with Crippen molar-refractivity contribution >= 4 is 0 Å². The predicted octanol–water partition coefficient (Wildman–Crippen LogP) is 5.05. The lowest BCUT2D eigenvalue weighted by Crippen LogP contribution is -2.58. The molecule has 1 saturated carbocycles. The highest BCUT2D eigenvalue weighted by Crippen LogP contribution is 2.70. The summed E-state index contributed by atoms with van der Waals surface area (Å²) in [4.78, 5) is 0. The highest BCUT2D eigenvalue weighted by Gasteiger charge is 2.61. The van der Waals surface area contributed by atoms with Gasteiger partial charge in [0.25, 0.3) is 0 Å². The monoisotopic (exact) mass is 220 g/mol. The van der Waals surface area contributed by atoms with Crippen LogP contribution < -0.4 is 0 Å². The molecule has 0 spiro atoms. The van der Waals surface area contributed by atoms with E-state index in [0.29, 0.717) is 10.8 Å². The van der Waals surface area contributed by atoms with Crippen LogP contribution in [0.1, 0.15) is 60.8 Å². The van der Waals surface area contributed by atoms with Crippen LogP contribution in [0.2, 0.25) is 0 Å². The van der Waals surface area contributed by atoms with Crippen LogP contribution in [0, 0.1) is 28.6 Å². The third-order valence-electron chi connectivity index (χ3n) is 5.61. The molecule has 1 fully saturated rings. The van der Waals surface area contributed by atoms with Crippen molar-refractivity contribution in [3.05, 3.63) is 11.6 Å². The highest BCUT2D eigenvalue weighted by atomic mass is 14.7. The van der Waals surface area contributed by atoms with Gasteiger partial charge in [0, 0.05) is 0 Å². The van der Waals surface area contributed by atoms with E-state index < -0.39 is 0 Å². The maximum atomic E-state index is 2.51. The summed E-state index contributed by atoms with van der Waals surface area (Å²) >= 11 is 0. The SMILES string of the molecule is CC(C)C(C(C)C)C12CCC=C(C1)C2(C)C. The van der Waals surface area contributed by atoms with Crippen molar-refractivity contribution < 1.29 is 0 Å². The van der Waals surface area contributed by atoms with Gasteiger partial charge in [0.2, 0.25) is 0 Å². The zero-order valence-electron chi connectivity index (χ0n) is 11.9. The fourth-order valence-electron chi connectivity index (χ4n) is 4.97. The smallest absolute Gasteiger partial charge is 0.00820 e. The molecule has 0 amide bonds. The van der Waals surface area contributed by atoms with Crippen molar-refractivity contribution in [1.82, 2.24) is 0 Å².